The highest BCUT2D eigenvalue weighted by Gasteiger charge is 2.28. The molecule has 0 bridgehead atoms. The molecule has 3 rings (SSSR count). The van der Waals surface area contributed by atoms with Crippen molar-refractivity contribution < 1.29 is 4.39 Å². The zero-order valence-electron chi connectivity index (χ0n) is 14.0. The Morgan fingerprint density at radius 3 is 2.92 bits per heavy atom. The first kappa shape index (κ1) is 17.3. The minimum absolute atomic E-state index is 0.163. The number of nitrogens with zero attached hydrogens (tertiary/aromatic N) is 4. The van der Waals surface area contributed by atoms with E-state index < -0.39 is 0 Å². The Morgan fingerprint density at radius 1 is 1.33 bits per heavy atom. The van der Waals surface area contributed by atoms with Crippen molar-refractivity contribution in [3.63, 3.8) is 0 Å². The molecule has 0 unspecified atom stereocenters. The first-order chi connectivity index (χ1) is 11.5. The first-order valence-electron chi connectivity index (χ1n) is 8.17. The van der Waals surface area contributed by atoms with Gasteiger partial charge in [-0.2, -0.15) is 0 Å². The third kappa shape index (κ3) is 4.09. The molecule has 2 heterocycles. The van der Waals surface area contributed by atoms with E-state index in [1.165, 1.54) is 6.07 Å². The van der Waals surface area contributed by atoms with Gasteiger partial charge in [-0.25, -0.2) is 14.4 Å². The van der Waals surface area contributed by atoms with Gasteiger partial charge in [-0.05, 0) is 57.2 Å². The van der Waals surface area contributed by atoms with Crippen molar-refractivity contribution in [1.82, 2.24) is 19.8 Å². The number of likely N-dealkylation sites (tertiary alicyclic amines) is 1. The summed E-state index contributed by atoms with van der Waals surface area (Å²) < 4.78 is 13.7. The predicted octanol–water partition coefficient (Wildman–Crippen LogP) is 3.67. The molecule has 4 nitrogen and oxygen atoms in total. The molecule has 0 radical (unpaired) electrons. The van der Waals surface area contributed by atoms with Crippen LogP contribution in [0.15, 0.2) is 30.5 Å². The van der Waals surface area contributed by atoms with Gasteiger partial charge in [-0.1, -0.05) is 17.7 Å². The smallest absolute Gasteiger partial charge is 0.145 e. The van der Waals surface area contributed by atoms with Crippen LogP contribution in [0, 0.1) is 5.82 Å². The van der Waals surface area contributed by atoms with Gasteiger partial charge in [0.05, 0.1) is 16.8 Å². The van der Waals surface area contributed by atoms with E-state index in [1.54, 1.807) is 6.07 Å². The van der Waals surface area contributed by atoms with Gasteiger partial charge in [0.2, 0.25) is 0 Å². The molecule has 1 fully saturated rings. The van der Waals surface area contributed by atoms with E-state index in [1.807, 2.05) is 32.4 Å². The molecule has 24 heavy (non-hydrogen) atoms. The van der Waals surface area contributed by atoms with Crippen molar-refractivity contribution in [1.29, 1.82) is 0 Å². The molecule has 0 aliphatic carbocycles. The van der Waals surface area contributed by atoms with Crippen LogP contribution in [0.4, 0.5) is 4.39 Å². The van der Waals surface area contributed by atoms with Gasteiger partial charge in [0.1, 0.15) is 11.6 Å². The van der Waals surface area contributed by atoms with Crippen molar-refractivity contribution in [3.05, 3.63) is 58.4 Å². The van der Waals surface area contributed by atoms with Crippen molar-refractivity contribution in [2.24, 2.45) is 0 Å². The Labute approximate surface area is 147 Å². The molecule has 1 aliphatic rings. The molecule has 1 saturated heterocycles. The standard InChI is InChI=1S/C18H22ClFN4/c1-23(2)12-14-7-8-21-18(22-14)17-4-3-9-24(17)11-13-5-6-15(19)16(20)10-13/h5-8,10,17H,3-4,9,11-12H2,1-2H3/t17-/m1/s1. The van der Waals surface area contributed by atoms with E-state index in [4.69, 9.17) is 16.6 Å². The summed E-state index contributed by atoms with van der Waals surface area (Å²) in [5.74, 6) is 0.496. The van der Waals surface area contributed by atoms with Gasteiger partial charge < -0.3 is 4.90 Å². The third-order valence-electron chi connectivity index (χ3n) is 4.24. The summed E-state index contributed by atoms with van der Waals surface area (Å²) in [5.41, 5.74) is 1.95. The number of rotatable bonds is 5. The van der Waals surface area contributed by atoms with Crippen LogP contribution in [-0.4, -0.2) is 40.4 Å². The van der Waals surface area contributed by atoms with Crippen molar-refractivity contribution in [2.75, 3.05) is 20.6 Å². The molecular weight excluding hydrogens is 327 g/mol. The molecule has 6 heteroatoms. The van der Waals surface area contributed by atoms with Gasteiger partial charge in [-0.15, -0.1) is 0 Å². The van der Waals surface area contributed by atoms with Crippen LogP contribution in [0.1, 0.15) is 36.0 Å². The number of hydrogen-bond acceptors (Lipinski definition) is 4. The van der Waals surface area contributed by atoms with Gasteiger partial charge in [-0.3, -0.25) is 4.90 Å². The van der Waals surface area contributed by atoms with Crippen LogP contribution in [-0.2, 0) is 13.1 Å². The van der Waals surface area contributed by atoms with E-state index in [0.717, 1.165) is 43.0 Å². The van der Waals surface area contributed by atoms with Crippen LogP contribution < -0.4 is 0 Å². The van der Waals surface area contributed by atoms with E-state index in [-0.39, 0.29) is 16.9 Å². The molecule has 0 spiro atoms. The lowest BCUT2D eigenvalue weighted by Gasteiger charge is -2.24. The summed E-state index contributed by atoms with van der Waals surface area (Å²) in [6.45, 7) is 2.45. The van der Waals surface area contributed by atoms with E-state index in [2.05, 4.69) is 14.8 Å². The largest absolute Gasteiger partial charge is 0.304 e. The molecule has 0 saturated carbocycles. The summed E-state index contributed by atoms with van der Waals surface area (Å²) in [6.07, 6.45) is 3.96. The summed E-state index contributed by atoms with van der Waals surface area (Å²) in [7, 11) is 4.05. The van der Waals surface area contributed by atoms with Crippen LogP contribution in [0.25, 0.3) is 0 Å². The molecule has 0 amide bonds. The lowest BCUT2D eigenvalue weighted by molar-refractivity contribution is 0.238. The van der Waals surface area contributed by atoms with Crippen molar-refractivity contribution in [3.8, 4) is 0 Å². The van der Waals surface area contributed by atoms with Gasteiger partial charge in [0, 0.05) is 19.3 Å². The fraction of sp³-hybridized carbons (Fsp3) is 0.444. The predicted molar refractivity (Wildman–Crippen MR) is 93.2 cm³/mol. The van der Waals surface area contributed by atoms with Gasteiger partial charge in [0.15, 0.2) is 0 Å². The van der Waals surface area contributed by atoms with Crippen LogP contribution in [0.3, 0.4) is 0 Å². The molecule has 0 N–H and O–H groups in total. The molecule has 1 aromatic carbocycles. The average molecular weight is 349 g/mol. The van der Waals surface area contributed by atoms with Crippen molar-refractivity contribution >= 4 is 11.6 Å². The van der Waals surface area contributed by atoms with E-state index in [0.29, 0.717) is 6.54 Å². The van der Waals surface area contributed by atoms with E-state index >= 15 is 0 Å². The van der Waals surface area contributed by atoms with Crippen LogP contribution >= 0.6 is 11.6 Å². The summed E-state index contributed by atoms with van der Waals surface area (Å²) in [6, 6.07) is 7.15. The fourth-order valence-electron chi connectivity index (χ4n) is 3.17. The van der Waals surface area contributed by atoms with Crippen molar-refractivity contribution in [2.45, 2.75) is 32.0 Å². The second-order valence-corrected chi connectivity index (χ2v) is 6.93. The Bertz CT molecular complexity index is 707. The number of halogens is 2. The zero-order chi connectivity index (χ0) is 17.1. The number of aromatic nitrogens is 2. The zero-order valence-corrected chi connectivity index (χ0v) is 14.8. The van der Waals surface area contributed by atoms with E-state index in [9.17, 15) is 4.39 Å². The lowest BCUT2D eigenvalue weighted by atomic mass is 10.1. The lowest BCUT2D eigenvalue weighted by Crippen LogP contribution is -2.25. The highest BCUT2D eigenvalue weighted by Crippen LogP contribution is 2.31. The molecule has 2 aromatic rings. The minimum Gasteiger partial charge on any atom is -0.304 e. The quantitative estimate of drug-likeness (QED) is 0.825. The summed E-state index contributed by atoms with van der Waals surface area (Å²) in [5, 5.41) is 0.163. The summed E-state index contributed by atoms with van der Waals surface area (Å²) >= 11 is 5.77. The second-order valence-electron chi connectivity index (χ2n) is 6.52. The number of hydrogen-bond donors (Lipinski definition) is 0. The SMILES string of the molecule is CN(C)Cc1ccnc([C@H]2CCCN2Cc2ccc(Cl)c(F)c2)n1. The van der Waals surface area contributed by atoms with Gasteiger partial charge >= 0.3 is 0 Å². The monoisotopic (exact) mass is 348 g/mol. The molecule has 1 aromatic heterocycles. The highest BCUT2D eigenvalue weighted by molar-refractivity contribution is 6.30. The Kier molecular flexibility index (Phi) is 5.43. The Hall–Kier alpha value is -1.56. The highest BCUT2D eigenvalue weighted by atomic mass is 35.5. The average Bonchev–Trinajstić information content (AvgIpc) is 2.99. The maximum absolute atomic E-state index is 13.7. The first-order valence-corrected chi connectivity index (χ1v) is 8.55. The third-order valence-corrected chi connectivity index (χ3v) is 4.55. The fourth-order valence-corrected chi connectivity index (χ4v) is 3.28. The second kappa shape index (κ2) is 7.55. The van der Waals surface area contributed by atoms with Crippen LogP contribution in [0.5, 0.6) is 0 Å². The number of benzene rings is 1. The van der Waals surface area contributed by atoms with Gasteiger partial charge in [0.25, 0.3) is 0 Å². The molecule has 1 atom stereocenters. The Balaban J connectivity index is 1.76. The molecule has 1 aliphatic heterocycles. The molecular formula is C18H22ClFN4. The maximum atomic E-state index is 13.7. The maximum Gasteiger partial charge on any atom is 0.145 e. The molecule has 128 valence electrons. The topological polar surface area (TPSA) is 32.3 Å². The van der Waals surface area contributed by atoms with Crippen LogP contribution in [0.2, 0.25) is 5.02 Å². The minimum atomic E-state index is -0.367. The summed E-state index contributed by atoms with van der Waals surface area (Å²) in [4.78, 5) is 13.6. The normalized spacial score (nSPS) is 18.5. The Morgan fingerprint density at radius 2 is 2.17 bits per heavy atom.